The van der Waals surface area contributed by atoms with Crippen molar-refractivity contribution in [1.82, 2.24) is 0 Å². The topological polar surface area (TPSA) is 59.6 Å². The van der Waals surface area contributed by atoms with Crippen LogP contribution in [0.4, 0.5) is 5.69 Å². The van der Waals surface area contributed by atoms with E-state index in [1.54, 1.807) is 0 Å². The number of anilines is 1. The summed E-state index contributed by atoms with van der Waals surface area (Å²) in [5, 5.41) is 3.11. The largest absolute Gasteiger partial charge is 0.378 e. The fourth-order valence-corrected chi connectivity index (χ4v) is 2.58. The summed E-state index contributed by atoms with van der Waals surface area (Å²) >= 11 is 0. The summed E-state index contributed by atoms with van der Waals surface area (Å²) in [5.74, 6) is 0.472. The Morgan fingerprint density at radius 1 is 1.29 bits per heavy atom. The van der Waals surface area contributed by atoms with E-state index in [-0.39, 0.29) is 0 Å². The summed E-state index contributed by atoms with van der Waals surface area (Å²) in [6.07, 6.45) is 7.54. The van der Waals surface area contributed by atoms with E-state index >= 15 is 0 Å². The number of nitrogens with zero attached hydrogens (tertiary/aromatic N) is 1. The van der Waals surface area contributed by atoms with Crippen LogP contribution in [0.2, 0.25) is 0 Å². The zero-order valence-corrected chi connectivity index (χ0v) is 13.0. The van der Waals surface area contributed by atoms with Crippen molar-refractivity contribution in [2.75, 3.05) is 18.5 Å². The number of hydrogen-bond acceptors (Lipinski definition) is 2. The van der Waals surface area contributed by atoms with Crippen LogP contribution in [0.5, 0.6) is 0 Å². The van der Waals surface area contributed by atoms with Crippen LogP contribution in [0.25, 0.3) is 0 Å². The summed E-state index contributed by atoms with van der Waals surface area (Å²) in [6, 6.07) is 8.27. The van der Waals surface area contributed by atoms with Crippen LogP contribution in [0.15, 0.2) is 29.3 Å². The number of nitrogens with two attached hydrogens (primary N) is 1. The molecular formula is C17H27N3O. The maximum absolute atomic E-state index is 5.88. The first kappa shape index (κ1) is 15.8. The van der Waals surface area contributed by atoms with Crippen molar-refractivity contribution >= 4 is 11.6 Å². The van der Waals surface area contributed by atoms with Crippen molar-refractivity contribution < 1.29 is 4.74 Å². The lowest BCUT2D eigenvalue weighted by molar-refractivity contribution is 0.0579. The average Bonchev–Trinajstić information content (AvgIpc) is 3.01. The predicted octanol–water partition coefficient (Wildman–Crippen LogP) is 3.32. The second kappa shape index (κ2) is 8.67. The number of rotatable bonds is 7. The van der Waals surface area contributed by atoms with Crippen LogP contribution >= 0.6 is 0 Å². The molecule has 116 valence electrons. The molecule has 0 unspecified atom stereocenters. The monoisotopic (exact) mass is 289 g/mol. The Kier molecular flexibility index (Phi) is 6.54. The normalized spacial score (nSPS) is 16.3. The van der Waals surface area contributed by atoms with Gasteiger partial charge in [-0.3, -0.25) is 4.99 Å². The lowest BCUT2D eigenvalue weighted by atomic mass is 10.1. The second-order valence-corrected chi connectivity index (χ2v) is 5.57. The molecule has 0 radical (unpaired) electrons. The van der Waals surface area contributed by atoms with E-state index in [4.69, 9.17) is 10.5 Å². The number of ether oxygens (including phenoxy) is 1. The molecule has 0 atom stereocenters. The molecule has 1 saturated carbocycles. The van der Waals surface area contributed by atoms with Crippen LogP contribution in [0.1, 0.15) is 44.6 Å². The van der Waals surface area contributed by atoms with Gasteiger partial charge in [-0.2, -0.15) is 0 Å². The van der Waals surface area contributed by atoms with Gasteiger partial charge in [-0.25, -0.2) is 0 Å². The minimum Gasteiger partial charge on any atom is -0.378 e. The lowest BCUT2D eigenvalue weighted by Gasteiger charge is -2.10. The molecule has 1 aromatic carbocycles. The number of hydrogen-bond donors (Lipinski definition) is 2. The molecular weight excluding hydrogens is 262 g/mol. The number of guanidine groups is 1. The molecule has 0 heterocycles. The summed E-state index contributed by atoms with van der Waals surface area (Å²) in [5.41, 5.74) is 8.18. The lowest BCUT2D eigenvalue weighted by Crippen LogP contribution is -2.23. The Morgan fingerprint density at radius 3 is 2.67 bits per heavy atom. The Bertz CT molecular complexity index is 436. The van der Waals surface area contributed by atoms with Gasteiger partial charge in [0.1, 0.15) is 0 Å². The van der Waals surface area contributed by atoms with E-state index in [1.165, 1.54) is 31.2 Å². The first-order chi connectivity index (χ1) is 10.3. The molecule has 0 aromatic heterocycles. The molecule has 0 bridgehead atoms. The first-order valence-corrected chi connectivity index (χ1v) is 8.05. The fraction of sp³-hybridized carbons (Fsp3) is 0.588. The van der Waals surface area contributed by atoms with Crippen LogP contribution in [-0.4, -0.2) is 25.2 Å². The molecule has 21 heavy (non-hydrogen) atoms. The summed E-state index contributed by atoms with van der Waals surface area (Å²) < 4.78 is 5.80. The molecule has 0 amide bonds. The standard InChI is InChI=1S/C17H27N3O/c1-2-14-8-10-15(11-9-14)20-17(18)19-12-5-13-21-16-6-3-4-7-16/h8-11,16H,2-7,12-13H2,1H3,(H3,18,19,20). The molecule has 0 aliphatic heterocycles. The van der Waals surface area contributed by atoms with Gasteiger partial charge in [-0.05, 0) is 43.4 Å². The molecule has 0 saturated heterocycles. The molecule has 4 heteroatoms. The van der Waals surface area contributed by atoms with E-state index in [0.29, 0.717) is 18.6 Å². The summed E-state index contributed by atoms with van der Waals surface area (Å²) in [6.45, 7) is 3.64. The Balaban J connectivity index is 1.63. The van der Waals surface area contributed by atoms with Gasteiger partial charge in [0.25, 0.3) is 0 Å². The number of aliphatic imine (C=N–C) groups is 1. The van der Waals surface area contributed by atoms with Crippen LogP contribution in [-0.2, 0) is 11.2 Å². The maximum Gasteiger partial charge on any atom is 0.193 e. The van der Waals surface area contributed by atoms with Gasteiger partial charge in [0.05, 0.1) is 6.10 Å². The van der Waals surface area contributed by atoms with E-state index in [0.717, 1.165) is 25.1 Å². The SMILES string of the molecule is CCc1ccc(NC(N)=NCCCOC2CCCC2)cc1. The van der Waals surface area contributed by atoms with Crippen molar-refractivity contribution in [3.63, 3.8) is 0 Å². The van der Waals surface area contributed by atoms with Gasteiger partial charge in [-0.1, -0.05) is 31.9 Å². The average molecular weight is 289 g/mol. The van der Waals surface area contributed by atoms with Gasteiger partial charge < -0.3 is 15.8 Å². The van der Waals surface area contributed by atoms with Crippen LogP contribution < -0.4 is 11.1 Å². The van der Waals surface area contributed by atoms with Crippen molar-refractivity contribution in [1.29, 1.82) is 0 Å². The van der Waals surface area contributed by atoms with Crippen LogP contribution in [0, 0.1) is 0 Å². The van der Waals surface area contributed by atoms with Gasteiger partial charge in [0.15, 0.2) is 5.96 Å². The molecule has 1 aliphatic carbocycles. The number of nitrogens with one attached hydrogen (secondary N) is 1. The highest BCUT2D eigenvalue weighted by Crippen LogP contribution is 2.20. The van der Waals surface area contributed by atoms with E-state index in [2.05, 4.69) is 29.4 Å². The highest BCUT2D eigenvalue weighted by Gasteiger charge is 2.14. The molecule has 4 nitrogen and oxygen atoms in total. The third-order valence-electron chi connectivity index (χ3n) is 3.87. The van der Waals surface area contributed by atoms with Crippen molar-refractivity contribution in [3.05, 3.63) is 29.8 Å². The number of benzene rings is 1. The van der Waals surface area contributed by atoms with Crippen molar-refractivity contribution in [3.8, 4) is 0 Å². The van der Waals surface area contributed by atoms with Crippen LogP contribution in [0.3, 0.4) is 0 Å². The zero-order valence-electron chi connectivity index (χ0n) is 13.0. The summed E-state index contributed by atoms with van der Waals surface area (Å²) in [4.78, 5) is 4.33. The first-order valence-electron chi connectivity index (χ1n) is 8.05. The van der Waals surface area contributed by atoms with Gasteiger partial charge in [-0.15, -0.1) is 0 Å². The predicted molar refractivity (Wildman–Crippen MR) is 88.8 cm³/mol. The third kappa shape index (κ3) is 5.76. The van der Waals surface area contributed by atoms with Crippen molar-refractivity contribution in [2.45, 2.75) is 51.6 Å². The van der Waals surface area contributed by atoms with E-state index in [9.17, 15) is 0 Å². The fourth-order valence-electron chi connectivity index (χ4n) is 2.58. The molecule has 1 aliphatic rings. The highest BCUT2D eigenvalue weighted by molar-refractivity contribution is 5.92. The van der Waals surface area contributed by atoms with E-state index in [1.807, 2.05) is 12.1 Å². The molecule has 2 rings (SSSR count). The number of aryl methyl sites for hydroxylation is 1. The molecule has 3 N–H and O–H groups in total. The molecule has 1 aromatic rings. The van der Waals surface area contributed by atoms with Crippen molar-refractivity contribution in [2.24, 2.45) is 10.7 Å². The highest BCUT2D eigenvalue weighted by atomic mass is 16.5. The Hall–Kier alpha value is -1.55. The minimum atomic E-state index is 0.472. The Morgan fingerprint density at radius 2 is 2.00 bits per heavy atom. The third-order valence-corrected chi connectivity index (χ3v) is 3.87. The maximum atomic E-state index is 5.88. The molecule has 1 fully saturated rings. The molecule has 0 spiro atoms. The van der Waals surface area contributed by atoms with Gasteiger partial charge in [0.2, 0.25) is 0 Å². The quantitative estimate of drug-likeness (QED) is 0.460. The smallest absolute Gasteiger partial charge is 0.193 e. The summed E-state index contributed by atoms with van der Waals surface area (Å²) in [7, 11) is 0. The zero-order chi connectivity index (χ0) is 14.9. The minimum absolute atomic E-state index is 0.472. The second-order valence-electron chi connectivity index (χ2n) is 5.57. The van der Waals surface area contributed by atoms with Gasteiger partial charge >= 0.3 is 0 Å². The van der Waals surface area contributed by atoms with Gasteiger partial charge in [0, 0.05) is 18.8 Å². The Labute approximate surface area is 127 Å². The van der Waals surface area contributed by atoms with E-state index < -0.39 is 0 Å².